The molecule has 5 nitrogen and oxygen atoms in total. The van der Waals surface area contributed by atoms with Crippen LogP contribution in [0.3, 0.4) is 0 Å². The maximum Gasteiger partial charge on any atom is 0.203 e. The summed E-state index contributed by atoms with van der Waals surface area (Å²) in [5.74, 6) is 1.69. The van der Waals surface area contributed by atoms with Gasteiger partial charge in [0, 0.05) is 19.2 Å². The van der Waals surface area contributed by atoms with Gasteiger partial charge in [0.25, 0.3) is 0 Å². The number of methoxy groups -OCH3 is 1. The van der Waals surface area contributed by atoms with Gasteiger partial charge >= 0.3 is 0 Å². The van der Waals surface area contributed by atoms with Crippen LogP contribution < -0.4 is 10.1 Å². The number of nitrogens with zero attached hydrogens (tertiary/aromatic N) is 3. The average Bonchev–Trinajstić information content (AvgIpc) is 3.01. The molecule has 0 aliphatic carbocycles. The van der Waals surface area contributed by atoms with Gasteiger partial charge in [-0.25, -0.2) is 4.98 Å². The molecule has 0 radical (unpaired) electrons. The predicted molar refractivity (Wildman–Crippen MR) is 114 cm³/mol. The second-order valence-electron chi connectivity index (χ2n) is 7.08. The molecule has 2 aromatic carbocycles. The number of rotatable bonds is 5. The number of nitrogens with one attached hydrogen (secondary N) is 1. The first-order valence-corrected chi connectivity index (χ1v) is 9.32. The Morgan fingerprint density at radius 3 is 2.68 bits per heavy atom. The van der Waals surface area contributed by atoms with E-state index in [0.29, 0.717) is 0 Å². The smallest absolute Gasteiger partial charge is 0.203 e. The van der Waals surface area contributed by atoms with E-state index in [4.69, 9.17) is 9.72 Å². The summed E-state index contributed by atoms with van der Waals surface area (Å²) < 4.78 is 7.39. The van der Waals surface area contributed by atoms with Gasteiger partial charge in [0.2, 0.25) is 5.95 Å². The summed E-state index contributed by atoms with van der Waals surface area (Å²) in [6.07, 6.45) is 1.84. The number of imidazole rings is 1. The van der Waals surface area contributed by atoms with Crippen molar-refractivity contribution in [2.75, 3.05) is 12.4 Å². The molecular weight excluding hydrogens is 348 g/mol. The average molecular weight is 372 g/mol. The summed E-state index contributed by atoms with van der Waals surface area (Å²) in [5.41, 5.74) is 7.58. The summed E-state index contributed by atoms with van der Waals surface area (Å²) in [6, 6.07) is 16.6. The van der Waals surface area contributed by atoms with E-state index in [1.54, 1.807) is 7.11 Å². The fraction of sp³-hybridized carbons (Fsp3) is 0.217. The Morgan fingerprint density at radius 1 is 1.07 bits per heavy atom. The highest BCUT2D eigenvalue weighted by Crippen LogP contribution is 2.28. The molecule has 0 aliphatic heterocycles. The first-order valence-electron chi connectivity index (χ1n) is 9.32. The van der Waals surface area contributed by atoms with E-state index in [-0.39, 0.29) is 0 Å². The van der Waals surface area contributed by atoms with Crippen LogP contribution in [-0.2, 0) is 13.6 Å². The van der Waals surface area contributed by atoms with Crippen LogP contribution in [0.1, 0.15) is 16.7 Å². The highest BCUT2D eigenvalue weighted by Gasteiger charge is 2.11. The number of aryl methyl sites for hydroxylation is 3. The van der Waals surface area contributed by atoms with Gasteiger partial charge in [0.15, 0.2) is 0 Å². The second kappa shape index (κ2) is 7.35. The number of hydrogen-bond donors (Lipinski definition) is 1. The molecule has 0 atom stereocenters. The number of aromatic nitrogens is 3. The minimum Gasteiger partial charge on any atom is -0.497 e. The molecule has 4 rings (SSSR count). The largest absolute Gasteiger partial charge is 0.497 e. The molecule has 0 aliphatic rings. The van der Waals surface area contributed by atoms with Gasteiger partial charge in [-0.3, -0.25) is 4.98 Å². The molecule has 0 spiro atoms. The number of fused-ring (bicyclic) bond motifs is 1. The molecule has 0 saturated heterocycles. The minimum atomic E-state index is 0.733. The van der Waals surface area contributed by atoms with E-state index < -0.39 is 0 Å². The van der Waals surface area contributed by atoms with Crippen LogP contribution in [0, 0.1) is 13.8 Å². The fourth-order valence-electron chi connectivity index (χ4n) is 3.45. The summed E-state index contributed by atoms with van der Waals surface area (Å²) >= 11 is 0. The van der Waals surface area contributed by atoms with E-state index in [1.807, 2.05) is 25.4 Å². The standard InChI is InChI=1S/C23H24N4O/c1-15-6-5-7-17(10-15)13-25-23-26-21-14-24-20(12-22(21)27(23)3)19-9-8-18(28-4)11-16(19)2/h5-12,14H,13H2,1-4H3,(H,25,26). The normalized spacial score (nSPS) is 11.0. The van der Waals surface area contributed by atoms with Gasteiger partial charge in [0.05, 0.1) is 24.5 Å². The highest BCUT2D eigenvalue weighted by molar-refractivity contribution is 5.82. The van der Waals surface area contributed by atoms with Crippen molar-refractivity contribution in [1.82, 2.24) is 14.5 Å². The molecule has 0 bridgehead atoms. The van der Waals surface area contributed by atoms with Gasteiger partial charge in [-0.1, -0.05) is 29.8 Å². The van der Waals surface area contributed by atoms with Gasteiger partial charge in [-0.15, -0.1) is 0 Å². The highest BCUT2D eigenvalue weighted by atomic mass is 16.5. The van der Waals surface area contributed by atoms with Gasteiger partial charge < -0.3 is 14.6 Å². The lowest BCUT2D eigenvalue weighted by Gasteiger charge is -2.09. The number of benzene rings is 2. The van der Waals surface area contributed by atoms with Crippen LogP contribution in [0.25, 0.3) is 22.3 Å². The Balaban J connectivity index is 1.64. The molecule has 5 heteroatoms. The van der Waals surface area contributed by atoms with E-state index in [0.717, 1.165) is 46.1 Å². The van der Waals surface area contributed by atoms with Gasteiger partial charge in [-0.2, -0.15) is 0 Å². The molecule has 2 aromatic heterocycles. The number of anilines is 1. The van der Waals surface area contributed by atoms with Crippen molar-refractivity contribution >= 4 is 17.0 Å². The molecular formula is C23H24N4O. The van der Waals surface area contributed by atoms with Crippen LogP contribution in [0.4, 0.5) is 5.95 Å². The van der Waals surface area contributed by atoms with Crippen LogP contribution in [0.2, 0.25) is 0 Å². The molecule has 2 heterocycles. The van der Waals surface area contributed by atoms with Crippen molar-refractivity contribution in [2.45, 2.75) is 20.4 Å². The fourth-order valence-corrected chi connectivity index (χ4v) is 3.45. The summed E-state index contributed by atoms with van der Waals surface area (Å²) in [7, 11) is 3.71. The van der Waals surface area contributed by atoms with Crippen molar-refractivity contribution in [3.8, 4) is 17.0 Å². The zero-order valence-corrected chi connectivity index (χ0v) is 16.7. The van der Waals surface area contributed by atoms with E-state index in [1.165, 1.54) is 11.1 Å². The van der Waals surface area contributed by atoms with Crippen molar-refractivity contribution < 1.29 is 4.74 Å². The first kappa shape index (κ1) is 18.0. The van der Waals surface area contributed by atoms with Crippen molar-refractivity contribution in [3.05, 3.63) is 71.4 Å². The molecule has 28 heavy (non-hydrogen) atoms. The Bertz CT molecular complexity index is 1150. The lowest BCUT2D eigenvalue weighted by atomic mass is 10.0. The van der Waals surface area contributed by atoms with Crippen LogP contribution >= 0.6 is 0 Å². The SMILES string of the molecule is COc1ccc(-c2cc3c(cn2)nc(NCc2cccc(C)c2)n3C)c(C)c1. The molecule has 0 unspecified atom stereocenters. The number of ether oxygens (including phenoxy) is 1. The lowest BCUT2D eigenvalue weighted by molar-refractivity contribution is 0.414. The third kappa shape index (κ3) is 3.43. The second-order valence-corrected chi connectivity index (χ2v) is 7.08. The Kier molecular flexibility index (Phi) is 4.74. The van der Waals surface area contributed by atoms with E-state index in [9.17, 15) is 0 Å². The molecule has 142 valence electrons. The summed E-state index contributed by atoms with van der Waals surface area (Å²) in [4.78, 5) is 9.34. The van der Waals surface area contributed by atoms with Crippen molar-refractivity contribution in [1.29, 1.82) is 0 Å². The molecule has 4 aromatic rings. The number of pyridine rings is 1. The minimum absolute atomic E-state index is 0.733. The quantitative estimate of drug-likeness (QED) is 0.543. The van der Waals surface area contributed by atoms with E-state index >= 15 is 0 Å². The molecule has 0 fully saturated rings. The maximum atomic E-state index is 5.31. The van der Waals surface area contributed by atoms with Gasteiger partial charge in [-0.05, 0) is 49.2 Å². The molecule has 1 N–H and O–H groups in total. The van der Waals surface area contributed by atoms with Crippen LogP contribution in [0.5, 0.6) is 5.75 Å². The van der Waals surface area contributed by atoms with Crippen molar-refractivity contribution in [3.63, 3.8) is 0 Å². The summed E-state index contributed by atoms with van der Waals surface area (Å²) in [6.45, 7) is 4.91. The Hall–Kier alpha value is -3.34. The Labute approximate surface area is 165 Å². The molecule has 0 saturated carbocycles. The van der Waals surface area contributed by atoms with Gasteiger partial charge in [0.1, 0.15) is 11.3 Å². The Morgan fingerprint density at radius 2 is 1.93 bits per heavy atom. The zero-order chi connectivity index (χ0) is 19.7. The van der Waals surface area contributed by atoms with Crippen LogP contribution in [-0.4, -0.2) is 21.6 Å². The van der Waals surface area contributed by atoms with Crippen molar-refractivity contribution in [2.24, 2.45) is 7.05 Å². The number of hydrogen-bond acceptors (Lipinski definition) is 4. The monoisotopic (exact) mass is 372 g/mol. The van der Waals surface area contributed by atoms with Crippen LogP contribution in [0.15, 0.2) is 54.7 Å². The third-order valence-corrected chi connectivity index (χ3v) is 5.01. The summed E-state index contributed by atoms with van der Waals surface area (Å²) in [5, 5.41) is 3.44. The lowest BCUT2D eigenvalue weighted by Crippen LogP contribution is -2.05. The third-order valence-electron chi connectivity index (χ3n) is 5.01. The maximum absolute atomic E-state index is 5.31. The zero-order valence-electron chi connectivity index (χ0n) is 16.7. The van der Waals surface area contributed by atoms with E-state index in [2.05, 4.69) is 65.1 Å². The predicted octanol–water partition coefficient (Wildman–Crippen LogP) is 4.87. The topological polar surface area (TPSA) is 52.0 Å². The molecule has 0 amide bonds. The first-order chi connectivity index (χ1) is 13.5.